The first kappa shape index (κ1) is 10.2. The van der Waals surface area contributed by atoms with Gasteiger partial charge >= 0.3 is 0 Å². The SMILES string of the molecule is O=Cc1cccc2c(=O)c3ccccc3sc12. The van der Waals surface area contributed by atoms with Crippen molar-refractivity contribution in [2.45, 2.75) is 0 Å². The molecule has 0 amide bonds. The Morgan fingerprint density at radius 1 is 0.941 bits per heavy atom. The van der Waals surface area contributed by atoms with Crippen molar-refractivity contribution in [3.05, 3.63) is 58.3 Å². The average molecular weight is 240 g/mol. The summed E-state index contributed by atoms with van der Waals surface area (Å²) < 4.78 is 1.69. The van der Waals surface area contributed by atoms with Gasteiger partial charge in [-0.1, -0.05) is 24.3 Å². The highest BCUT2D eigenvalue weighted by Gasteiger charge is 2.07. The van der Waals surface area contributed by atoms with Gasteiger partial charge in [-0.2, -0.15) is 0 Å². The lowest BCUT2D eigenvalue weighted by Crippen LogP contribution is -2.01. The minimum atomic E-state index is -0.00181. The average Bonchev–Trinajstić information content (AvgIpc) is 2.38. The van der Waals surface area contributed by atoms with Crippen molar-refractivity contribution >= 4 is 37.8 Å². The van der Waals surface area contributed by atoms with Crippen molar-refractivity contribution in [2.75, 3.05) is 0 Å². The standard InChI is InChI=1S/C14H8O2S/c15-8-9-4-3-6-11-13(16)10-5-1-2-7-12(10)17-14(9)11/h1-8H. The van der Waals surface area contributed by atoms with Gasteiger partial charge in [0.05, 0.1) is 0 Å². The first-order chi connectivity index (χ1) is 8.31. The Kier molecular flexibility index (Phi) is 2.27. The molecule has 3 heteroatoms. The van der Waals surface area contributed by atoms with E-state index >= 15 is 0 Å². The van der Waals surface area contributed by atoms with Gasteiger partial charge in [-0.3, -0.25) is 9.59 Å². The molecule has 17 heavy (non-hydrogen) atoms. The van der Waals surface area contributed by atoms with Gasteiger partial charge in [-0.25, -0.2) is 0 Å². The molecule has 0 bridgehead atoms. The molecule has 0 unspecified atom stereocenters. The zero-order chi connectivity index (χ0) is 11.8. The summed E-state index contributed by atoms with van der Waals surface area (Å²) >= 11 is 1.49. The molecule has 3 rings (SSSR count). The van der Waals surface area contributed by atoms with Crippen LogP contribution in [-0.4, -0.2) is 6.29 Å². The summed E-state index contributed by atoms with van der Waals surface area (Å²) in [4.78, 5) is 23.2. The van der Waals surface area contributed by atoms with Crippen LogP contribution in [0.15, 0.2) is 47.3 Å². The van der Waals surface area contributed by atoms with Crippen LogP contribution in [0.3, 0.4) is 0 Å². The highest BCUT2D eigenvalue weighted by molar-refractivity contribution is 7.24. The molecule has 0 aliphatic rings. The van der Waals surface area contributed by atoms with Gasteiger partial charge in [-0.05, 0) is 18.2 Å². The molecule has 0 fully saturated rings. The van der Waals surface area contributed by atoms with Gasteiger partial charge in [0.25, 0.3) is 0 Å². The van der Waals surface area contributed by atoms with Crippen LogP contribution in [0.2, 0.25) is 0 Å². The normalized spacial score (nSPS) is 10.8. The number of rotatable bonds is 1. The van der Waals surface area contributed by atoms with Gasteiger partial charge in [0.1, 0.15) is 0 Å². The summed E-state index contributed by atoms with van der Waals surface area (Å²) in [6.07, 6.45) is 0.799. The lowest BCUT2D eigenvalue weighted by atomic mass is 10.1. The van der Waals surface area contributed by atoms with Gasteiger partial charge in [0.2, 0.25) is 0 Å². The highest BCUT2D eigenvalue weighted by atomic mass is 32.1. The van der Waals surface area contributed by atoms with Crippen molar-refractivity contribution in [3.8, 4) is 0 Å². The first-order valence-corrected chi connectivity index (χ1v) is 6.02. The van der Waals surface area contributed by atoms with E-state index in [-0.39, 0.29) is 5.43 Å². The number of fused-ring (bicyclic) bond motifs is 2. The van der Waals surface area contributed by atoms with E-state index in [0.717, 1.165) is 15.7 Å². The fraction of sp³-hybridized carbons (Fsp3) is 0. The lowest BCUT2D eigenvalue weighted by Gasteiger charge is -2.02. The molecule has 0 spiro atoms. The maximum Gasteiger partial charge on any atom is 0.195 e. The van der Waals surface area contributed by atoms with Gasteiger partial charge < -0.3 is 0 Å². The van der Waals surface area contributed by atoms with Crippen LogP contribution in [0.4, 0.5) is 0 Å². The molecule has 0 saturated carbocycles. The van der Waals surface area contributed by atoms with Crippen molar-refractivity contribution < 1.29 is 4.79 Å². The van der Waals surface area contributed by atoms with E-state index < -0.39 is 0 Å². The molecule has 0 N–H and O–H groups in total. The second kappa shape index (κ2) is 3.79. The monoisotopic (exact) mass is 240 g/mol. The van der Waals surface area contributed by atoms with Crippen LogP contribution in [0.1, 0.15) is 10.4 Å². The fourth-order valence-electron chi connectivity index (χ4n) is 1.94. The number of benzene rings is 2. The highest BCUT2D eigenvalue weighted by Crippen LogP contribution is 2.26. The number of hydrogen-bond acceptors (Lipinski definition) is 3. The molecule has 0 saturated heterocycles. The molecular weight excluding hydrogens is 232 g/mol. The van der Waals surface area contributed by atoms with E-state index in [4.69, 9.17) is 0 Å². The molecule has 0 atom stereocenters. The van der Waals surface area contributed by atoms with Crippen molar-refractivity contribution in [2.24, 2.45) is 0 Å². The predicted molar refractivity (Wildman–Crippen MR) is 71.0 cm³/mol. The summed E-state index contributed by atoms with van der Waals surface area (Å²) in [6.45, 7) is 0. The molecule has 1 heterocycles. The van der Waals surface area contributed by atoms with Crippen molar-refractivity contribution in [1.29, 1.82) is 0 Å². The minimum Gasteiger partial charge on any atom is -0.298 e. The summed E-state index contributed by atoms with van der Waals surface area (Å²) in [5, 5.41) is 1.34. The molecule has 0 radical (unpaired) electrons. The van der Waals surface area contributed by atoms with Crippen LogP contribution >= 0.6 is 11.3 Å². The summed E-state index contributed by atoms with van der Waals surface area (Å²) in [5.74, 6) is 0. The maximum atomic E-state index is 12.2. The quantitative estimate of drug-likeness (QED) is 0.483. The van der Waals surface area contributed by atoms with Crippen LogP contribution in [-0.2, 0) is 0 Å². The Bertz CT molecular complexity index is 787. The van der Waals surface area contributed by atoms with Crippen LogP contribution < -0.4 is 5.43 Å². The zero-order valence-electron chi connectivity index (χ0n) is 8.84. The van der Waals surface area contributed by atoms with Crippen LogP contribution in [0.5, 0.6) is 0 Å². The Hall–Kier alpha value is -2.00. The summed E-state index contributed by atoms with van der Waals surface area (Å²) in [6, 6.07) is 12.7. The lowest BCUT2D eigenvalue weighted by molar-refractivity contribution is 0.112. The Morgan fingerprint density at radius 3 is 2.53 bits per heavy atom. The Labute approximate surface area is 101 Å². The van der Waals surface area contributed by atoms with Gasteiger partial charge in [0, 0.05) is 25.7 Å². The van der Waals surface area contributed by atoms with Crippen molar-refractivity contribution in [3.63, 3.8) is 0 Å². The molecule has 3 aromatic rings. The minimum absolute atomic E-state index is 0.00181. The van der Waals surface area contributed by atoms with Crippen LogP contribution in [0, 0.1) is 0 Å². The number of hydrogen-bond donors (Lipinski definition) is 0. The van der Waals surface area contributed by atoms with Gasteiger partial charge in [-0.15, -0.1) is 11.3 Å². The molecule has 2 nitrogen and oxygen atoms in total. The molecule has 0 aliphatic carbocycles. The molecular formula is C14H8O2S. The summed E-state index contributed by atoms with van der Waals surface area (Å²) in [5.41, 5.74) is 0.577. The smallest absolute Gasteiger partial charge is 0.195 e. The fourth-order valence-corrected chi connectivity index (χ4v) is 3.08. The number of aldehydes is 1. The Morgan fingerprint density at radius 2 is 1.71 bits per heavy atom. The summed E-state index contributed by atoms with van der Waals surface area (Å²) in [7, 11) is 0. The molecule has 1 aromatic heterocycles. The van der Waals surface area contributed by atoms with Crippen molar-refractivity contribution in [1.82, 2.24) is 0 Å². The number of carbonyl (C=O) groups is 1. The van der Waals surface area contributed by atoms with E-state index in [1.807, 2.05) is 24.3 Å². The molecule has 2 aromatic carbocycles. The van der Waals surface area contributed by atoms with E-state index in [9.17, 15) is 9.59 Å². The Balaban J connectivity index is 2.64. The predicted octanol–water partition coefficient (Wildman–Crippen LogP) is 3.23. The maximum absolute atomic E-state index is 12.2. The molecule has 0 aliphatic heterocycles. The van der Waals surface area contributed by atoms with Crippen LogP contribution in [0.25, 0.3) is 20.2 Å². The molecule has 82 valence electrons. The van der Waals surface area contributed by atoms with E-state index in [0.29, 0.717) is 16.3 Å². The largest absolute Gasteiger partial charge is 0.298 e. The third-order valence-corrected chi connectivity index (χ3v) is 4.00. The topological polar surface area (TPSA) is 34.1 Å². The van der Waals surface area contributed by atoms with E-state index in [2.05, 4.69) is 0 Å². The van der Waals surface area contributed by atoms with Gasteiger partial charge in [0.15, 0.2) is 11.7 Å². The zero-order valence-corrected chi connectivity index (χ0v) is 9.66. The second-order valence-electron chi connectivity index (χ2n) is 3.77. The van der Waals surface area contributed by atoms with E-state index in [1.165, 1.54) is 11.3 Å². The number of carbonyl (C=O) groups excluding carboxylic acids is 1. The third-order valence-electron chi connectivity index (χ3n) is 2.76. The first-order valence-electron chi connectivity index (χ1n) is 5.21. The third kappa shape index (κ3) is 1.47. The second-order valence-corrected chi connectivity index (χ2v) is 4.82. The van der Waals surface area contributed by atoms with E-state index in [1.54, 1.807) is 18.2 Å².